The molecule has 1 aromatic heterocycles. The monoisotopic (exact) mass is 281 g/mol. The van der Waals surface area contributed by atoms with Crippen molar-refractivity contribution >= 4 is 17.3 Å². The summed E-state index contributed by atoms with van der Waals surface area (Å²) in [6, 6.07) is 4.72. The second kappa shape index (κ2) is 6.06. The Hall–Kier alpha value is -0.870. The van der Waals surface area contributed by atoms with Crippen molar-refractivity contribution in [1.29, 1.82) is 0 Å². The molecule has 1 aliphatic carbocycles. The van der Waals surface area contributed by atoms with Gasteiger partial charge in [-0.2, -0.15) is 0 Å². The fourth-order valence-electron chi connectivity index (χ4n) is 2.84. The summed E-state index contributed by atoms with van der Waals surface area (Å²) in [6.45, 7) is 4.63. The van der Waals surface area contributed by atoms with Crippen molar-refractivity contribution in [3.63, 3.8) is 0 Å². The maximum Gasteiger partial charge on any atom is 0.307 e. The van der Waals surface area contributed by atoms with Crippen LogP contribution in [0.2, 0.25) is 0 Å². The highest BCUT2D eigenvalue weighted by Crippen LogP contribution is 2.38. The Kier molecular flexibility index (Phi) is 4.63. The zero-order chi connectivity index (χ0) is 13.9. The van der Waals surface area contributed by atoms with E-state index in [1.165, 1.54) is 31.2 Å². The standard InChI is InChI=1S/C15H23NO2S/c1-15(2)7-6-11(10-15)16-12(9-14(17)18-3)13-5-4-8-19-13/h4-5,8,11-12,16H,6-7,9-10H2,1-3H3. The van der Waals surface area contributed by atoms with Gasteiger partial charge in [0.05, 0.1) is 19.6 Å². The van der Waals surface area contributed by atoms with Crippen LogP contribution < -0.4 is 5.32 Å². The minimum atomic E-state index is -0.150. The molecule has 4 heteroatoms. The summed E-state index contributed by atoms with van der Waals surface area (Å²) in [5, 5.41) is 5.70. The van der Waals surface area contributed by atoms with Crippen molar-refractivity contribution in [1.82, 2.24) is 5.32 Å². The Bertz CT molecular complexity index is 414. The lowest BCUT2D eigenvalue weighted by Gasteiger charge is -2.23. The highest BCUT2D eigenvalue weighted by Gasteiger charge is 2.32. The number of carbonyl (C=O) groups is 1. The lowest BCUT2D eigenvalue weighted by molar-refractivity contribution is -0.141. The smallest absolute Gasteiger partial charge is 0.307 e. The fraction of sp³-hybridized carbons (Fsp3) is 0.667. The van der Waals surface area contributed by atoms with Gasteiger partial charge in [-0.25, -0.2) is 0 Å². The quantitative estimate of drug-likeness (QED) is 0.839. The van der Waals surface area contributed by atoms with Crippen LogP contribution in [0, 0.1) is 5.41 Å². The first-order valence-corrected chi connectivity index (χ1v) is 7.74. The molecule has 0 radical (unpaired) electrons. The highest BCUT2D eigenvalue weighted by molar-refractivity contribution is 7.10. The summed E-state index contributed by atoms with van der Waals surface area (Å²) >= 11 is 1.70. The molecule has 1 saturated carbocycles. The SMILES string of the molecule is COC(=O)CC(NC1CCC(C)(C)C1)c1cccs1. The van der Waals surface area contributed by atoms with E-state index in [1.54, 1.807) is 11.3 Å². The largest absolute Gasteiger partial charge is 0.469 e. The van der Waals surface area contributed by atoms with Gasteiger partial charge in [-0.1, -0.05) is 19.9 Å². The van der Waals surface area contributed by atoms with Crippen LogP contribution in [0.4, 0.5) is 0 Å². The Labute approximate surface area is 119 Å². The summed E-state index contributed by atoms with van der Waals surface area (Å²) < 4.78 is 4.81. The van der Waals surface area contributed by atoms with Crippen molar-refractivity contribution in [2.75, 3.05) is 7.11 Å². The molecule has 106 valence electrons. The highest BCUT2D eigenvalue weighted by atomic mass is 32.1. The lowest BCUT2D eigenvalue weighted by atomic mass is 9.91. The van der Waals surface area contributed by atoms with Gasteiger partial charge in [0.2, 0.25) is 0 Å². The molecule has 0 spiro atoms. The predicted octanol–water partition coefficient (Wildman–Crippen LogP) is 3.52. The second-order valence-corrected chi connectivity index (χ2v) is 7.10. The number of thiophene rings is 1. The topological polar surface area (TPSA) is 38.3 Å². The first-order valence-electron chi connectivity index (χ1n) is 6.86. The number of hydrogen-bond acceptors (Lipinski definition) is 4. The molecule has 0 aromatic carbocycles. The van der Waals surface area contributed by atoms with Gasteiger partial charge in [0.15, 0.2) is 0 Å². The van der Waals surface area contributed by atoms with Crippen LogP contribution in [0.15, 0.2) is 17.5 Å². The van der Waals surface area contributed by atoms with E-state index in [9.17, 15) is 4.79 Å². The number of rotatable bonds is 5. The van der Waals surface area contributed by atoms with Crippen LogP contribution in [0.5, 0.6) is 0 Å². The molecule has 1 aromatic rings. The van der Waals surface area contributed by atoms with E-state index in [4.69, 9.17) is 4.74 Å². The van der Waals surface area contributed by atoms with Gasteiger partial charge in [0.1, 0.15) is 0 Å². The zero-order valence-electron chi connectivity index (χ0n) is 11.9. The van der Waals surface area contributed by atoms with E-state index >= 15 is 0 Å². The van der Waals surface area contributed by atoms with Gasteiger partial charge < -0.3 is 10.1 Å². The number of esters is 1. The number of hydrogen-bond donors (Lipinski definition) is 1. The lowest BCUT2D eigenvalue weighted by Crippen LogP contribution is -2.32. The van der Waals surface area contributed by atoms with Gasteiger partial charge in [-0.15, -0.1) is 11.3 Å². The van der Waals surface area contributed by atoms with Crippen molar-refractivity contribution in [3.8, 4) is 0 Å². The summed E-state index contributed by atoms with van der Waals surface area (Å²) in [6.07, 6.45) is 4.03. The average molecular weight is 281 g/mol. The number of ether oxygens (including phenoxy) is 1. The fourth-order valence-corrected chi connectivity index (χ4v) is 3.63. The molecule has 0 amide bonds. The van der Waals surface area contributed by atoms with Crippen molar-refractivity contribution in [2.45, 2.75) is 51.6 Å². The molecule has 2 rings (SSSR count). The molecule has 0 bridgehead atoms. The molecule has 19 heavy (non-hydrogen) atoms. The Morgan fingerprint density at radius 2 is 2.42 bits per heavy atom. The van der Waals surface area contributed by atoms with Gasteiger partial charge in [0.25, 0.3) is 0 Å². The van der Waals surface area contributed by atoms with E-state index < -0.39 is 0 Å². The summed E-state index contributed by atoms with van der Waals surface area (Å²) in [4.78, 5) is 12.8. The number of methoxy groups -OCH3 is 1. The summed E-state index contributed by atoms with van der Waals surface area (Å²) in [7, 11) is 1.45. The van der Waals surface area contributed by atoms with Crippen molar-refractivity contribution in [3.05, 3.63) is 22.4 Å². The first-order chi connectivity index (χ1) is 9.00. The van der Waals surface area contributed by atoms with E-state index in [0.29, 0.717) is 17.9 Å². The molecular weight excluding hydrogens is 258 g/mol. The Morgan fingerprint density at radius 3 is 2.95 bits per heavy atom. The zero-order valence-corrected chi connectivity index (χ0v) is 12.8. The minimum Gasteiger partial charge on any atom is -0.469 e. The van der Waals surface area contributed by atoms with Crippen LogP contribution in [0.1, 0.15) is 50.4 Å². The molecular formula is C15H23NO2S. The van der Waals surface area contributed by atoms with Crippen molar-refractivity contribution < 1.29 is 9.53 Å². The van der Waals surface area contributed by atoms with Gasteiger partial charge in [0, 0.05) is 10.9 Å². The molecule has 1 N–H and O–H groups in total. The third-order valence-corrected chi connectivity index (χ3v) is 4.88. The molecule has 1 heterocycles. The Morgan fingerprint density at radius 1 is 1.63 bits per heavy atom. The maximum absolute atomic E-state index is 11.6. The Balaban J connectivity index is 2.00. The van der Waals surface area contributed by atoms with Crippen LogP contribution in [-0.4, -0.2) is 19.1 Å². The van der Waals surface area contributed by atoms with Crippen LogP contribution in [-0.2, 0) is 9.53 Å². The maximum atomic E-state index is 11.6. The molecule has 1 fully saturated rings. The normalized spacial score (nSPS) is 23.2. The van der Waals surface area contributed by atoms with E-state index in [1.807, 2.05) is 6.07 Å². The number of nitrogens with one attached hydrogen (secondary N) is 1. The minimum absolute atomic E-state index is 0.0892. The first kappa shape index (κ1) is 14.5. The molecule has 0 saturated heterocycles. The number of carbonyl (C=O) groups excluding carboxylic acids is 1. The molecule has 1 aliphatic rings. The molecule has 0 aliphatic heterocycles. The van der Waals surface area contributed by atoms with Crippen LogP contribution in [0.3, 0.4) is 0 Å². The molecule has 3 nitrogen and oxygen atoms in total. The molecule has 2 atom stereocenters. The van der Waals surface area contributed by atoms with E-state index in [0.717, 1.165) is 0 Å². The second-order valence-electron chi connectivity index (χ2n) is 6.12. The van der Waals surface area contributed by atoms with Gasteiger partial charge >= 0.3 is 5.97 Å². The van der Waals surface area contributed by atoms with Crippen LogP contribution >= 0.6 is 11.3 Å². The van der Waals surface area contributed by atoms with Gasteiger partial charge in [-0.3, -0.25) is 4.79 Å². The predicted molar refractivity (Wildman–Crippen MR) is 78.2 cm³/mol. The summed E-state index contributed by atoms with van der Waals surface area (Å²) in [5.41, 5.74) is 0.420. The average Bonchev–Trinajstić information content (AvgIpc) is 2.97. The van der Waals surface area contributed by atoms with Crippen molar-refractivity contribution in [2.24, 2.45) is 5.41 Å². The van der Waals surface area contributed by atoms with E-state index in [2.05, 4.69) is 30.6 Å². The third-order valence-electron chi connectivity index (χ3n) is 3.89. The van der Waals surface area contributed by atoms with Gasteiger partial charge in [-0.05, 0) is 36.1 Å². The van der Waals surface area contributed by atoms with E-state index in [-0.39, 0.29) is 12.0 Å². The van der Waals surface area contributed by atoms with Crippen LogP contribution in [0.25, 0.3) is 0 Å². The summed E-state index contributed by atoms with van der Waals surface area (Å²) in [5.74, 6) is -0.150. The molecule has 2 unspecified atom stereocenters. The third kappa shape index (κ3) is 4.05.